The molecule has 1 amide bonds. The predicted molar refractivity (Wildman–Crippen MR) is 100.0 cm³/mol. The number of anilines is 1. The monoisotopic (exact) mass is 385 g/mol. The second kappa shape index (κ2) is 6.70. The van der Waals surface area contributed by atoms with Crippen LogP contribution in [0.15, 0.2) is 41.9 Å². The molecule has 0 radical (unpaired) electrons. The van der Waals surface area contributed by atoms with Gasteiger partial charge in [-0.15, -0.1) is 16.4 Å². The summed E-state index contributed by atoms with van der Waals surface area (Å²) in [5, 5.41) is 16.5. The molecular weight excluding hydrogens is 374 g/mol. The van der Waals surface area contributed by atoms with Crippen molar-refractivity contribution in [3.8, 4) is 11.4 Å². The van der Waals surface area contributed by atoms with Crippen molar-refractivity contribution in [3.63, 3.8) is 0 Å². The molecule has 0 saturated heterocycles. The summed E-state index contributed by atoms with van der Waals surface area (Å²) in [5.74, 6) is 0.335. The Morgan fingerprint density at radius 3 is 3.08 bits per heavy atom. The van der Waals surface area contributed by atoms with Crippen molar-refractivity contribution in [3.05, 3.63) is 52.8 Å². The van der Waals surface area contributed by atoms with Gasteiger partial charge >= 0.3 is 0 Å². The highest BCUT2D eigenvalue weighted by molar-refractivity contribution is 7.15. The molecule has 0 unspecified atom stereocenters. The van der Waals surface area contributed by atoms with Gasteiger partial charge in [-0.25, -0.2) is 9.67 Å². The van der Waals surface area contributed by atoms with Crippen molar-refractivity contribution in [1.82, 2.24) is 29.6 Å². The first-order valence-corrected chi connectivity index (χ1v) is 8.80. The van der Waals surface area contributed by atoms with Crippen molar-refractivity contribution in [2.24, 2.45) is 7.05 Å². The molecular formula is C16H12ClN7OS. The van der Waals surface area contributed by atoms with Gasteiger partial charge in [0.15, 0.2) is 15.9 Å². The number of imidazole rings is 1. The molecule has 4 aromatic rings. The standard InChI is InChI=1S/C16H12ClN7OS/c1-23-15(20-21-22-23)10-3-2-4-11(9-10)18-13(25)6-5-12-14(17)19-16-24(12)7-8-26-16/h2-9H,1H3,(H,18,25)/b6-5+. The molecule has 130 valence electrons. The van der Waals surface area contributed by atoms with E-state index in [0.29, 0.717) is 22.4 Å². The summed E-state index contributed by atoms with van der Waals surface area (Å²) in [6.07, 6.45) is 4.92. The first kappa shape index (κ1) is 16.4. The highest BCUT2D eigenvalue weighted by atomic mass is 35.5. The molecule has 0 aliphatic carbocycles. The Kier molecular flexibility index (Phi) is 4.23. The van der Waals surface area contributed by atoms with Gasteiger partial charge in [0.05, 0.1) is 5.69 Å². The quantitative estimate of drug-likeness (QED) is 0.545. The van der Waals surface area contributed by atoms with Gasteiger partial charge in [0.1, 0.15) is 0 Å². The zero-order valence-electron chi connectivity index (χ0n) is 13.5. The average Bonchev–Trinajstić information content (AvgIpc) is 3.30. The predicted octanol–water partition coefficient (Wildman–Crippen LogP) is 2.89. The number of hydrogen-bond acceptors (Lipinski definition) is 6. The van der Waals surface area contributed by atoms with Crippen LogP contribution in [0, 0.1) is 0 Å². The molecule has 0 atom stereocenters. The van der Waals surface area contributed by atoms with Crippen LogP contribution in [0.1, 0.15) is 5.69 Å². The molecule has 1 N–H and O–H groups in total. The Hall–Kier alpha value is -3.04. The van der Waals surface area contributed by atoms with E-state index in [1.165, 1.54) is 17.4 Å². The van der Waals surface area contributed by atoms with E-state index in [1.54, 1.807) is 29.9 Å². The fraction of sp³-hybridized carbons (Fsp3) is 0.0625. The maximum Gasteiger partial charge on any atom is 0.248 e. The first-order valence-electron chi connectivity index (χ1n) is 7.55. The van der Waals surface area contributed by atoms with Crippen LogP contribution in [0.2, 0.25) is 5.15 Å². The Bertz CT molecular complexity index is 1130. The topological polar surface area (TPSA) is 90.0 Å². The van der Waals surface area contributed by atoms with E-state index < -0.39 is 0 Å². The van der Waals surface area contributed by atoms with E-state index >= 15 is 0 Å². The van der Waals surface area contributed by atoms with Gasteiger partial charge in [0, 0.05) is 36.0 Å². The number of aromatic nitrogens is 6. The van der Waals surface area contributed by atoms with Crippen molar-refractivity contribution in [2.75, 3.05) is 5.32 Å². The number of thiazole rings is 1. The third-order valence-electron chi connectivity index (χ3n) is 3.66. The second-order valence-electron chi connectivity index (χ2n) is 5.37. The fourth-order valence-corrected chi connectivity index (χ4v) is 3.48. The van der Waals surface area contributed by atoms with Crippen LogP contribution in [0.3, 0.4) is 0 Å². The molecule has 0 aliphatic heterocycles. The number of tetrazole rings is 1. The van der Waals surface area contributed by atoms with Crippen LogP contribution >= 0.6 is 22.9 Å². The van der Waals surface area contributed by atoms with Gasteiger partial charge in [-0.05, 0) is 28.6 Å². The number of amides is 1. The van der Waals surface area contributed by atoms with Gasteiger partial charge in [0.25, 0.3) is 0 Å². The third-order valence-corrected chi connectivity index (χ3v) is 4.69. The molecule has 3 aromatic heterocycles. The lowest BCUT2D eigenvalue weighted by Crippen LogP contribution is -2.08. The summed E-state index contributed by atoms with van der Waals surface area (Å²) in [5.41, 5.74) is 2.11. The molecule has 1 aromatic carbocycles. The number of fused-ring (bicyclic) bond motifs is 1. The number of benzene rings is 1. The van der Waals surface area contributed by atoms with E-state index in [1.807, 2.05) is 28.1 Å². The minimum atomic E-state index is -0.278. The SMILES string of the molecule is Cn1nnnc1-c1cccc(NC(=O)/C=C/c2c(Cl)nc3sccn23)c1. The minimum Gasteiger partial charge on any atom is -0.322 e. The van der Waals surface area contributed by atoms with E-state index in [4.69, 9.17) is 11.6 Å². The maximum atomic E-state index is 12.2. The number of halogens is 1. The van der Waals surface area contributed by atoms with Gasteiger partial charge in [-0.3, -0.25) is 9.20 Å². The van der Waals surface area contributed by atoms with E-state index in [9.17, 15) is 4.79 Å². The zero-order valence-corrected chi connectivity index (χ0v) is 15.1. The molecule has 0 spiro atoms. The minimum absolute atomic E-state index is 0.278. The fourth-order valence-electron chi connectivity index (χ4n) is 2.47. The van der Waals surface area contributed by atoms with Gasteiger partial charge in [-0.2, -0.15) is 0 Å². The molecule has 4 rings (SSSR count). The largest absolute Gasteiger partial charge is 0.322 e. The normalized spacial score (nSPS) is 11.5. The highest BCUT2D eigenvalue weighted by Crippen LogP contribution is 2.23. The summed E-state index contributed by atoms with van der Waals surface area (Å²) >= 11 is 7.59. The van der Waals surface area contributed by atoms with Crippen LogP contribution in [-0.4, -0.2) is 35.5 Å². The number of nitrogens with one attached hydrogen (secondary N) is 1. The van der Waals surface area contributed by atoms with Crippen LogP contribution < -0.4 is 5.32 Å². The molecule has 0 bridgehead atoms. The van der Waals surface area contributed by atoms with Crippen LogP contribution in [0.4, 0.5) is 5.69 Å². The Morgan fingerprint density at radius 1 is 1.38 bits per heavy atom. The van der Waals surface area contributed by atoms with Gasteiger partial charge in [0.2, 0.25) is 5.91 Å². The molecule has 0 fully saturated rings. The number of aryl methyl sites for hydroxylation is 1. The molecule has 8 nitrogen and oxygen atoms in total. The maximum absolute atomic E-state index is 12.2. The molecule has 0 saturated carbocycles. The molecule has 10 heteroatoms. The van der Waals surface area contributed by atoms with Crippen LogP contribution in [0.25, 0.3) is 22.4 Å². The number of carbonyl (C=O) groups is 1. The van der Waals surface area contributed by atoms with Crippen molar-refractivity contribution in [1.29, 1.82) is 0 Å². The Morgan fingerprint density at radius 2 is 2.27 bits per heavy atom. The number of nitrogens with zero attached hydrogens (tertiary/aromatic N) is 6. The zero-order chi connectivity index (χ0) is 18.1. The van der Waals surface area contributed by atoms with Crippen molar-refractivity contribution in [2.45, 2.75) is 0 Å². The van der Waals surface area contributed by atoms with E-state index in [-0.39, 0.29) is 5.91 Å². The number of carbonyl (C=O) groups excluding carboxylic acids is 1. The van der Waals surface area contributed by atoms with E-state index in [0.717, 1.165) is 10.5 Å². The second-order valence-corrected chi connectivity index (χ2v) is 6.60. The lowest BCUT2D eigenvalue weighted by Gasteiger charge is -2.04. The Labute approximate surface area is 156 Å². The van der Waals surface area contributed by atoms with Crippen molar-refractivity contribution < 1.29 is 4.79 Å². The van der Waals surface area contributed by atoms with Gasteiger partial charge < -0.3 is 5.32 Å². The van der Waals surface area contributed by atoms with Crippen LogP contribution in [-0.2, 0) is 11.8 Å². The summed E-state index contributed by atoms with van der Waals surface area (Å²) in [7, 11) is 1.75. The summed E-state index contributed by atoms with van der Waals surface area (Å²) < 4.78 is 3.40. The first-order chi connectivity index (χ1) is 12.6. The summed E-state index contributed by atoms with van der Waals surface area (Å²) in [6, 6.07) is 7.30. The van der Waals surface area contributed by atoms with Crippen molar-refractivity contribution >= 4 is 45.6 Å². The summed E-state index contributed by atoms with van der Waals surface area (Å²) in [6.45, 7) is 0. The smallest absolute Gasteiger partial charge is 0.248 e. The Balaban J connectivity index is 1.53. The molecule has 3 heterocycles. The molecule has 26 heavy (non-hydrogen) atoms. The lowest BCUT2D eigenvalue weighted by molar-refractivity contribution is -0.111. The number of hydrogen-bond donors (Lipinski definition) is 1. The molecule has 0 aliphatic rings. The highest BCUT2D eigenvalue weighted by Gasteiger charge is 2.10. The van der Waals surface area contributed by atoms with Gasteiger partial charge in [-0.1, -0.05) is 23.7 Å². The average molecular weight is 386 g/mol. The summed E-state index contributed by atoms with van der Waals surface area (Å²) in [4.78, 5) is 17.2. The number of rotatable bonds is 4. The lowest BCUT2D eigenvalue weighted by atomic mass is 10.2. The van der Waals surface area contributed by atoms with Crippen LogP contribution in [0.5, 0.6) is 0 Å². The third kappa shape index (κ3) is 3.09. The van der Waals surface area contributed by atoms with E-state index in [2.05, 4.69) is 25.8 Å².